The quantitative estimate of drug-likeness (QED) is 0.250. The molecule has 0 unspecified atom stereocenters. The third kappa shape index (κ3) is 5.59. The van der Waals surface area contributed by atoms with Crippen molar-refractivity contribution in [1.29, 1.82) is 0 Å². The number of aromatic nitrogens is 3. The van der Waals surface area contributed by atoms with E-state index in [9.17, 15) is 18.4 Å². The number of benzene rings is 1. The fraction of sp³-hybridized carbons (Fsp3) is 0.517. The first-order valence-electron chi connectivity index (χ1n) is 14.2. The van der Waals surface area contributed by atoms with Gasteiger partial charge < -0.3 is 19.4 Å². The van der Waals surface area contributed by atoms with Gasteiger partial charge in [-0.3, -0.25) is 14.5 Å². The lowest BCUT2D eigenvalue weighted by atomic mass is 10.0. The zero-order chi connectivity index (χ0) is 28.9. The summed E-state index contributed by atoms with van der Waals surface area (Å²) in [5.41, 5.74) is 2.36. The standard InChI is InChI=1S/C29H35F2N5O4Si/c1-41(2,3)11-10-39-17-36-24-13-19(4-7-21(24)29(30,31)28(36)38)22-14-23-26(35(16-33-23)20-5-6-20)27(34-22)40-9-8-18-12-25(37)32-15-18/h4,7,13-14,16,18,20H,5-6,8-12,15,17H2,1-3H3,(H,32,37)/t18-/m1/s1. The number of carbonyl (C=O) groups is 2. The summed E-state index contributed by atoms with van der Waals surface area (Å²) < 4.78 is 43.9. The Morgan fingerprint density at radius 3 is 2.66 bits per heavy atom. The van der Waals surface area contributed by atoms with Crippen molar-refractivity contribution in [2.45, 2.75) is 63.3 Å². The van der Waals surface area contributed by atoms with E-state index < -0.39 is 19.9 Å². The van der Waals surface area contributed by atoms with Gasteiger partial charge in [-0.2, -0.15) is 8.78 Å². The van der Waals surface area contributed by atoms with Gasteiger partial charge in [0.25, 0.3) is 0 Å². The minimum Gasteiger partial charge on any atom is -0.476 e. The molecule has 9 nitrogen and oxygen atoms in total. The maximum Gasteiger partial charge on any atom is 0.352 e. The summed E-state index contributed by atoms with van der Waals surface area (Å²) in [6, 6.07) is 7.47. The molecule has 1 aromatic carbocycles. The second kappa shape index (κ2) is 10.5. The number of hydrogen-bond acceptors (Lipinski definition) is 6. The Morgan fingerprint density at radius 1 is 1.15 bits per heavy atom. The largest absolute Gasteiger partial charge is 0.476 e. The van der Waals surface area contributed by atoms with Crippen LogP contribution in [0.25, 0.3) is 22.3 Å². The lowest BCUT2D eigenvalue weighted by molar-refractivity contribution is -0.142. The van der Waals surface area contributed by atoms with E-state index in [0.717, 1.165) is 29.3 Å². The molecule has 4 heterocycles. The van der Waals surface area contributed by atoms with Crippen molar-refractivity contribution in [3.63, 3.8) is 0 Å². The number of hydrogen-bond donors (Lipinski definition) is 1. The average Bonchev–Trinajstić information content (AvgIpc) is 3.48. The number of amides is 2. The Balaban J connectivity index is 1.29. The van der Waals surface area contributed by atoms with E-state index in [1.54, 1.807) is 18.5 Å². The van der Waals surface area contributed by atoms with Gasteiger partial charge in [-0.1, -0.05) is 25.7 Å². The van der Waals surface area contributed by atoms with Gasteiger partial charge >= 0.3 is 11.8 Å². The van der Waals surface area contributed by atoms with Crippen molar-refractivity contribution in [2.24, 2.45) is 5.92 Å². The van der Waals surface area contributed by atoms with Crippen LogP contribution in [0.3, 0.4) is 0 Å². The molecule has 1 aliphatic carbocycles. The lowest BCUT2D eigenvalue weighted by Crippen LogP contribution is -2.36. The maximum absolute atomic E-state index is 14.9. The summed E-state index contributed by atoms with van der Waals surface area (Å²) in [6.45, 7) is 7.81. The highest BCUT2D eigenvalue weighted by atomic mass is 28.3. The smallest absolute Gasteiger partial charge is 0.352 e. The number of nitrogens with one attached hydrogen (secondary N) is 1. The van der Waals surface area contributed by atoms with Gasteiger partial charge in [-0.15, -0.1) is 0 Å². The molecule has 1 saturated heterocycles. The molecule has 1 N–H and O–H groups in total. The van der Waals surface area contributed by atoms with Crippen LogP contribution in [-0.4, -0.2) is 60.9 Å². The Morgan fingerprint density at radius 2 is 1.95 bits per heavy atom. The molecular formula is C29H35F2N5O4Si. The van der Waals surface area contributed by atoms with E-state index in [2.05, 4.69) is 34.5 Å². The van der Waals surface area contributed by atoms with Crippen LogP contribution in [-0.2, 0) is 20.2 Å². The van der Waals surface area contributed by atoms with Gasteiger partial charge in [0.1, 0.15) is 12.2 Å². The van der Waals surface area contributed by atoms with Crippen LogP contribution in [0.4, 0.5) is 14.5 Å². The lowest BCUT2D eigenvalue weighted by Gasteiger charge is -2.20. The van der Waals surface area contributed by atoms with Crippen molar-refractivity contribution in [2.75, 3.05) is 31.4 Å². The zero-order valence-electron chi connectivity index (χ0n) is 23.6. The summed E-state index contributed by atoms with van der Waals surface area (Å²) in [5.74, 6) is -4.22. The van der Waals surface area contributed by atoms with Crippen molar-refractivity contribution < 1.29 is 27.8 Å². The number of carbonyl (C=O) groups excluding carboxylic acids is 2. The third-order valence-corrected chi connectivity index (χ3v) is 9.64. The second-order valence-corrected chi connectivity index (χ2v) is 18.1. The van der Waals surface area contributed by atoms with Crippen molar-refractivity contribution in [1.82, 2.24) is 19.9 Å². The molecule has 3 aliphatic rings. The van der Waals surface area contributed by atoms with Crippen molar-refractivity contribution in [3.05, 3.63) is 36.2 Å². The maximum atomic E-state index is 14.9. The van der Waals surface area contributed by atoms with Gasteiger partial charge in [0.05, 0.1) is 35.4 Å². The van der Waals surface area contributed by atoms with E-state index in [4.69, 9.17) is 14.5 Å². The highest BCUT2D eigenvalue weighted by Gasteiger charge is 2.53. The Bertz CT molecular complexity index is 1500. The summed E-state index contributed by atoms with van der Waals surface area (Å²) in [6.07, 6.45) is 5.11. The van der Waals surface area contributed by atoms with E-state index >= 15 is 0 Å². The third-order valence-electron chi connectivity index (χ3n) is 7.94. The zero-order valence-corrected chi connectivity index (χ0v) is 24.6. The first kappa shape index (κ1) is 27.8. The van der Waals surface area contributed by atoms with Crippen molar-refractivity contribution in [3.8, 4) is 17.1 Å². The predicted molar refractivity (Wildman–Crippen MR) is 153 cm³/mol. The summed E-state index contributed by atoms with van der Waals surface area (Å²) in [4.78, 5) is 34.7. The molecule has 1 saturated carbocycles. The number of imidazole rings is 1. The van der Waals surface area contributed by atoms with Crippen LogP contribution in [0.2, 0.25) is 25.7 Å². The molecule has 1 atom stereocenters. The topological polar surface area (TPSA) is 98.6 Å². The molecule has 2 fully saturated rings. The number of halogens is 2. The molecule has 218 valence electrons. The molecule has 6 rings (SSSR count). The monoisotopic (exact) mass is 583 g/mol. The van der Waals surface area contributed by atoms with Crippen LogP contribution in [0.15, 0.2) is 30.6 Å². The second-order valence-electron chi connectivity index (χ2n) is 12.5. The molecule has 2 aromatic heterocycles. The number of anilines is 1. The molecule has 41 heavy (non-hydrogen) atoms. The Kier molecular flexibility index (Phi) is 7.09. The Labute approximate surface area is 238 Å². The Hall–Kier alpha value is -3.38. The first-order chi connectivity index (χ1) is 19.5. The van der Waals surface area contributed by atoms with E-state index in [1.165, 1.54) is 6.07 Å². The number of rotatable bonds is 11. The molecular weight excluding hydrogens is 548 g/mol. The van der Waals surface area contributed by atoms with Crippen LogP contribution in [0, 0.1) is 5.92 Å². The van der Waals surface area contributed by atoms with Gasteiger partial charge in [0.2, 0.25) is 11.8 Å². The molecule has 0 radical (unpaired) electrons. The van der Waals surface area contributed by atoms with Gasteiger partial charge in [-0.25, -0.2) is 9.97 Å². The molecule has 2 amide bonds. The molecule has 2 aliphatic heterocycles. The highest BCUT2D eigenvalue weighted by molar-refractivity contribution is 6.76. The van der Waals surface area contributed by atoms with Crippen molar-refractivity contribution >= 4 is 36.6 Å². The molecule has 12 heteroatoms. The number of fused-ring (bicyclic) bond motifs is 2. The first-order valence-corrected chi connectivity index (χ1v) is 17.9. The predicted octanol–water partition coefficient (Wildman–Crippen LogP) is 5.09. The highest BCUT2D eigenvalue weighted by Crippen LogP contribution is 2.46. The van der Waals surface area contributed by atoms with Crippen LogP contribution in [0.1, 0.15) is 37.3 Å². The van der Waals surface area contributed by atoms with Crippen LogP contribution in [0.5, 0.6) is 5.88 Å². The van der Waals surface area contributed by atoms with E-state index in [1.807, 2.05) is 6.07 Å². The minimum atomic E-state index is -3.62. The summed E-state index contributed by atoms with van der Waals surface area (Å²) in [5, 5.41) is 2.85. The molecule has 0 spiro atoms. The SMILES string of the molecule is C[Si](C)(C)CCOCN1C(=O)C(F)(F)c2ccc(-c3cc4ncn(C5CC5)c4c(OCC[C@H]4CNC(=O)C4)n3)cc21. The number of nitrogens with zero attached hydrogens (tertiary/aromatic N) is 4. The fourth-order valence-corrected chi connectivity index (χ4v) is 6.09. The van der Waals surface area contributed by atoms with E-state index in [0.29, 0.717) is 61.3 Å². The summed E-state index contributed by atoms with van der Waals surface area (Å²) >= 11 is 0. The van der Waals surface area contributed by atoms with Gasteiger partial charge in [0.15, 0.2) is 0 Å². The fourth-order valence-electron chi connectivity index (χ4n) is 5.33. The van der Waals surface area contributed by atoms with Gasteiger partial charge in [0, 0.05) is 39.3 Å². The number of ether oxygens (including phenoxy) is 2. The number of pyridine rings is 1. The molecule has 3 aromatic rings. The molecule has 0 bridgehead atoms. The van der Waals surface area contributed by atoms with Crippen LogP contribution >= 0.6 is 0 Å². The van der Waals surface area contributed by atoms with Crippen LogP contribution < -0.4 is 15.0 Å². The van der Waals surface area contributed by atoms with E-state index in [-0.39, 0.29) is 29.8 Å². The van der Waals surface area contributed by atoms with Gasteiger partial charge in [-0.05, 0) is 49.4 Å². The number of alkyl halides is 2. The average molecular weight is 584 g/mol. The normalized spacial score (nSPS) is 20.1. The summed E-state index contributed by atoms with van der Waals surface area (Å²) in [7, 11) is -1.38. The minimum absolute atomic E-state index is 0.0560.